The Morgan fingerprint density at radius 1 is 0.759 bits per heavy atom. The number of carbonyl (C=O) groups is 3. The van der Waals surface area contributed by atoms with Gasteiger partial charge in [-0.1, -0.05) is 33.6 Å². The van der Waals surface area contributed by atoms with Crippen molar-refractivity contribution < 1.29 is 34.1 Å². The highest BCUT2D eigenvalue weighted by Gasteiger charge is 2.14. The molecule has 7 nitrogen and oxygen atoms in total. The average Bonchev–Trinajstić information content (AvgIpc) is 2.61. The second-order valence-electron chi connectivity index (χ2n) is 6.80. The van der Waals surface area contributed by atoms with Crippen molar-refractivity contribution in [1.82, 2.24) is 0 Å². The van der Waals surface area contributed by atoms with E-state index in [1.54, 1.807) is 20.8 Å². The van der Waals surface area contributed by atoms with Gasteiger partial charge in [0.2, 0.25) is 0 Å². The van der Waals surface area contributed by atoms with Gasteiger partial charge in [0, 0.05) is 23.1 Å². The lowest BCUT2D eigenvalue weighted by molar-refractivity contribution is -0.154. The van der Waals surface area contributed by atoms with Gasteiger partial charge in [-0.25, -0.2) is 14.4 Å². The summed E-state index contributed by atoms with van der Waals surface area (Å²) in [6, 6.07) is 0. The Hall–Kier alpha value is -2.25. The van der Waals surface area contributed by atoms with E-state index in [0.717, 1.165) is 6.42 Å². The monoisotopic (exact) mass is 414 g/mol. The standard InChI is InChI=1S/C10H18O3.C8H10O3.C4H10O/c1-5-9(6-8(4)11)13-10(12)7(2)3;1-5(2)7(9)11-8(10)6(3)4;1-3-4(2)5/h8-9,11H,2,5-6H2,1,3-4H3;1,3H2,2,4H3;4-5H,3H2,1-2H3. The number of ether oxygens (including phenoxy) is 2. The summed E-state index contributed by atoms with van der Waals surface area (Å²) < 4.78 is 9.37. The van der Waals surface area contributed by atoms with E-state index in [1.165, 1.54) is 13.8 Å². The number of esters is 3. The fraction of sp³-hybridized carbons (Fsp3) is 0.591. The number of aliphatic hydroxyl groups is 2. The number of hydrogen-bond acceptors (Lipinski definition) is 7. The predicted molar refractivity (Wildman–Crippen MR) is 114 cm³/mol. The molecule has 29 heavy (non-hydrogen) atoms. The van der Waals surface area contributed by atoms with Crippen molar-refractivity contribution in [2.45, 2.75) is 86.0 Å². The third kappa shape index (κ3) is 21.9. The van der Waals surface area contributed by atoms with Gasteiger partial charge in [0.25, 0.3) is 0 Å². The topological polar surface area (TPSA) is 110 Å². The average molecular weight is 415 g/mol. The fourth-order valence-electron chi connectivity index (χ4n) is 1.19. The van der Waals surface area contributed by atoms with Gasteiger partial charge < -0.3 is 19.7 Å². The SMILES string of the molecule is C=C(C)C(=O)OC(=O)C(=C)C.C=C(C)C(=O)OC(CC)CC(C)O.CCC(C)O. The van der Waals surface area contributed by atoms with Gasteiger partial charge in [-0.2, -0.15) is 0 Å². The molecule has 0 saturated carbocycles. The van der Waals surface area contributed by atoms with Crippen LogP contribution in [-0.2, 0) is 23.9 Å². The molecule has 3 unspecified atom stereocenters. The molecular formula is C22H38O7. The molecule has 2 N–H and O–H groups in total. The quantitative estimate of drug-likeness (QED) is 0.354. The molecule has 0 aliphatic rings. The minimum atomic E-state index is -0.710. The minimum absolute atomic E-state index is 0.116. The molecule has 0 radical (unpaired) electrons. The Balaban J connectivity index is -0.000000383. The third-order valence-corrected chi connectivity index (χ3v) is 3.15. The zero-order valence-corrected chi connectivity index (χ0v) is 18.9. The Labute approximate surface area is 175 Å². The maximum Gasteiger partial charge on any atom is 0.340 e. The molecule has 0 aliphatic heterocycles. The van der Waals surface area contributed by atoms with E-state index in [1.807, 2.05) is 13.8 Å². The van der Waals surface area contributed by atoms with Crippen LogP contribution in [-0.4, -0.2) is 46.4 Å². The van der Waals surface area contributed by atoms with Crippen LogP contribution in [0.1, 0.15) is 67.7 Å². The lowest BCUT2D eigenvalue weighted by atomic mass is 10.1. The van der Waals surface area contributed by atoms with E-state index in [-0.39, 0.29) is 29.3 Å². The summed E-state index contributed by atoms with van der Waals surface area (Å²) in [6.07, 6.45) is 1.29. The highest BCUT2D eigenvalue weighted by atomic mass is 16.6. The Bertz CT molecular complexity index is 536. The van der Waals surface area contributed by atoms with Crippen molar-refractivity contribution in [3.05, 3.63) is 36.5 Å². The molecule has 0 bridgehead atoms. The van der Waals surface area contributed by atoms with Crippen LogP contribution in [0.4, 0.5) is 0 Å². The molecule has 0 aromatic carbocycles. The molecular weight excluding hydrogens is 376 g/mol. The van der Waals surface area contributed by atoms with Crippen LogP contribution in [0.15, 0.2) is 36.5 Å². The molecule has 0 aromatic heterocycles. The minimum Gasteiger partial charge on any atom is -0.459 e. The zero-order valence-electron chi connectivity index (χ0n) is 18.9. The van der Waals surface area contributed by atoms with Crippen LogP contribution in [0, 0.1) is 0 Å². The Kier molecular flexibility index (Phi) is 19.3. The molecule has 0 spiro atoms. The highest BCUT2D eigenvalue weighted by Crippen LogP contribution is 2.09. The van der Waals surface area contributed by atoms with Gasteiger partial charge in [0.1, 0.15) is 6.10 Å². The van der Waals surface area contributed by atoms with E-state index < -0.39 is 18.0 Å². The first-order valence-corrected chi connectivity index (χ1v) is 9.49. The summed E-state index contributed by atoms with van der Waals surface area (Å²) in [5.74, 6) is -1.80. The summed E-state index contributed by atoms with van der Waals surface area (Å²) in [5, 5.41) is 17.5. The van der Waals surface area contributed by atoms with E-state index >= 15 is 0 Å². The first-order valence-electron chi connectivity index (χ1n) is 9.49. The van der Waals surface area contributed by atoms with Crippen LogP contribution >= 0.6 is 0 Å². The Morgan fingerprint density at radius 3 is 1.31 bits per heavy atom. The van der Waals surface area contributed by atoms with Gasteiger partial charge in [-0.15, -0.1) is 0 Å². The largest absolute Gasteiger partial charge is 0.459 e. The fourth-order valence-corrected chi connectivity index (χ4v) is 1.19. The normalized spacial score (nSPS) is 12.4. The van der Waals surface area contributed by atoms with Crippen LogP contribution in [0.3, 0.4) is 0 Å². The molecule has 0 aliphatic carbocycles. The molecule has 0 saturated heterocycles. The molecule has 0 rings (SSSR count). The molecule has 168 valence electrons. The van der Waals surface area contributed by atoms with Crippen molar-refractivity contribution in [2.75, 3.05) is 0 Å². The van der Waals surface area contributed by atoms with Gasteiger partial charge in [-0.3, -0.25) is 0 Å². The summed E-state index contributed by atoms with van der Waals surface area (Å²) >= 11 is 0. The van der Waals surface area contributed by atoms with Gasteiger partial charge in [0.05, 0.1) is 12.2 Å². The number of rotatable bonds is 8. The van der Waals surface area contributed by atoms with Crippen LogP contribution in [0.5, 0.6) is 0 Å². The first kappa shape index (κ1) is 31.4. The van der Waals surface area contributed by atoms with Crippen molar-refractivity contribution in [1.29, 1.82) is 0 Å². The molecule has 0 heterocycles. The summed E-state index contributed by atoms with van der Waals surface area (Å²) in [6.45, 7) is 22.0. The number of carbonyl (C=O) groups excluding carboxylic acids is 3. The van der Waals surface area contributed by atoms with Crippen LogP contribution in [0.25, 0.3) is 0 Å². The van der Waals surface area contributed by atoms with E-state index in [2.05, 4.69) is 24.5 Å². The van der Waals surface area contributed by atoms with Gasteiger partial charge in [-0.05, 0) is 47.5 Å². The molecule has 3 atom stereocenters. The summed E-state index contributed by atoms with van der Waals surface area (Å²) in [7, 11) is 0. The zero-order chi connectivity index (χ0) is 23.7. The number of aliphatic hydroxyl groups excluding tert-OH is 2. The second kappa shape index (κ2) is 17.8. The molecule has 0 fully saturated rings. The lowest BCUT2D eigenvalue weighted by Gasteiger charge is -2.17. The molecule has 0 amide bonds. The summed E-state index contributed by atoms with van der Waals surface area (Å²) in [4.78, 5) is 32.4. The molecule has 7 heteroatoms. The van der Waals surface area contributed by atoms with E-state index in [0.29, 0.717) is 18.4 Å². The van der Waals surface area contributed by atoms with Crippen LogP contribution in [0.2, 0.25) is 0 Å². The highest BCUT2D eigenvalue weighted by molar-refractivity contribution is 6.00. The second-order valence-corrected chi connectivity index (χ2v) is 6.80. The predicted octanol–water partition coefficient (Wildman–Crippen LogP) is 3.64. The van der Waals surface area contributed by atoms with Crippen molar-refractivity contribution in [3.8, 4) is 0 Å². The molecule has 0 aromatic rings. The van der Waals surface area contributed by atoms with Crippen molar-refractivity contribution in [3.63, 3.8) is 0 Å². The maximum absolute atomic E-state index is 11.1. The van der Waals surface area contributed by atoms with E-state index in [4.69, 9.17) is 14.9 Å². The smallest absolute Gasteiger partial charge is 0.340 e. The third-order valence-electron chi connectivity index (χ3n) is 3.15. The lowest BCUT2D eigenvalue weighted by Crippen LogP contribution is -2.22. The van der Waals surface area contributed by atoms with Crippen molar-refractivity contribution in [2.24, 2.45) is 0 Å². The summed E-state index contributed by atoms with van der Waals surface area (Å²) in [5.41, 5.74) is 0.781. The Morgan fingerprint density at radius 2 is 1.10 bits per heavy atom. The van der Waals surface area contributed by atoms with Crippen molar-refractivity contribution >= 4 is 17.9 Å². The maximum atomic E-state index is 11.1. The van der Waals surface area contributed by atoms with Gasteiger partial charge >= 0.3 is 17.9 Å². The van der Waals surface area contributed by atoms with Crippen LogP contribution < -0.4 is 0 Å². The first-order chi connectivity index (χ1) is 13.2. The van der Waals surface area contributed by atoms with E-state index in [9.17, 15) is 14.4 Å². The number of hydrogen-bond donors (Lipinski definition) is 2. The van der Waals surface area contributed by atoms with Gasteiger partial charge in [0.15, 0.2) is 0 Å².